The van der Waals surface area contributed by atoms with Gasteiger partial charge in [-0.1, -0.05) is 11.3 Å². The summed E-state index contributed by atoms with van der Waals surface area (Å²) in [5.74, 6) is 2.11. The first-order valence-electron chi connectivity index (χ1n) is 8.63. The number of amides is 1. The summed E-state index contributed by atoms with van der Waals surface area (Å²) in [6.07, 6.45) is 8.88. The summed E-state index contributed by atoms with van der Waals surface area (Å²) in [5, 5.41) is 12.8. The van der Waals surface area contributed by atoms with Gasteiger partial charge in [0, 0.05) is 43.7 Å². The molecule has 2 N–H and O–H groups in total. The van der Waals surface area contributed by atoms with E-state index in [0.29, 0.717) is 23.4 Å². The average molecular weight is 346 g/mol. The number of imidazole rings is 1. The second kappa shape index (κ2) is 6.98. The van der Waals surface area contributed by atoms with Gasteiger partial charge in [0.25, 0.3) is 0 Å². The van der Waals surface area contributed by atoms with Crippen LogP contribution in [0.25, 0.3) is 0 Å². The third-order valence-electron chi connectivity index (χ3n) is 4.68. The van der Waals surface area contributed by atoms with Crippen molar-refractivity contribution in [1.82, 2.24) is 25.1 Å². The molecule has 0 aromatic carbocycles. The van der Waals surface area contributed by atoms with Crippen LogP contribution in [0.4, 0.5) is 5.13 Å². The lowest BCUT2D eigenvalue weighted by Gasteiger charge is -2.31. The van der Waals surface area contributed by atoms with Crippen LogP contribution in [0, 0.1) is 0 Å². The number of rotatable bonds is 6. The smallest absolute Gasteiger partial charge is 0.227 e. The molecule has 4 rings (SSSR count). The SMILES string of the molecule is O=C(CCN1CCC[C@@H](c2ncc[nH]2)C1)Nc1nnc(C2CC2)s1. The minimum absolute atomic E-state index is 0.0219. The van der Waals surface area contributed by atoms with Crippen molar-refractivity contribution >= 4 is 22.4 Å². The summed E-state index contributed by atoms with van der Waals surface area (Å²) in [7, 11) is 0. The molecule has 1 amide bonds. The monoisotopic (exact) mass is 346 g/mol. The fraction of sp³-hybridized carbons (Fsp3) is 0.625. The number of hydrogen-bond acceptors (Lipinski definition) is 6. The average Bonchev–Trinajstić information content (AvgIpc) is 3.11. The summed E-state index contributed by atoms with van der Waals surface area (Å²) in [4.78, 5) is 22.1. The second-order valence-electron chi connectivity index (χ2n) is 6.63. The first kappa shape index (κ1) is 15.7. The zero-order valence-corrected chi connectivity index (χ0v) is 14.4. The normalized spacial score (nSPS) is 21.8. The summed E-state index contributed by atoms with van der Waals surface area (Å²) < 4.78 is 0. The van der Waals surface area contributed by atoms with Gasteiger partial charge in [0.1, 0.15) is 10.8 Å². The molecule has 0 bridgehead atoms. The molecule has 2 aromatic rings. The standard InChI is InChI=1S/C16H22N6OS/c23-13(19-16-21-20-15(24-16)11-3-4-11)5-9-22-8-1-2-12(10-22)14-17-6-7-18-14/h6-7,11-12H,1-5,8-10H2,(H,17,18)(H,19,21,23)/t12-/m1/s1. The van der Waals surface area contributed by atoms with Crippen molar-refractivity contribution in [3.05, 3.63) is 23.2 Å². The number of anilines is 1. The van der Waals surface area contributed by atoms with Gasteiger partial charge in [0.2, 0.25) is 11.0 Å². The molecule has 2 fully saturated rings. The minimum atomic E-state index is 0.0219. The molecule has 0 spiro atoms. The maximum Gasteiger partial charge on any atom is 0.227 e. The first-order valence-corrected chi connectivity index (χ1v) is 9.44. The van der Waals surface area contributed by atoms with Crippen molar-refractivity contribution in [2.45, 2.75) is 43.9 Å². The van der Waals surface area contributed by atoms with E-state index in [1.165, 1.54) is 24.2 Å². The van der Waals surface area contributed by atoms with Crippen LogP contribution in [-0.2, 0) is 4.79 Å². The Morgan fingerprint density at radius 2 is 2.25 bits per heavy atom. The van der Waals surface area contributed by atoms with Crippen LogP contribution in [0.3, 0.4) is 0 Å². The Labute approximate surface area is 144 Å². The topological polar surface area (TPSA) is 86.8 Å². The largest absolute Gasteiger partial charge is 0.348 e. The van der Waals surface area contributed by atoms with Gasteiger partial charge in [-0.2, -0.15) is 0 Å². The lowest BCUT2D eigenvalue weighted by atomic mass is 9.97. The molecular weight excluding hydrogens is 324 g/mol. The summed E-state index contributed by atoms with van der Waals surface area (Å²) in [5.41, 5.74) is 0. The van der Waals surface area contributed by atoms with E-state index >= 15 is 0 Å². The van der Waals surface area contributed by atoms with Gasteiger partial charge in [-0.3, -0.25) is 4.79 Å². The molecule has 1 atom stereocenters. The number of carbonyl (C=O) groups excluding carboxylic acids is 1. The molecule has 24 heavy (non-hydrogen) atoms. The lowest BCUT2D eigenvalue weighted by Crippen LogP contribution is -2.36. The number of carbonyl (C=O) groups is 1. The third kappa shape index (κ3) is 3.81. The van der Waals surface area contributed by atoms with Crippen LogP contribution in [0.2, 0.25) is 0 Å². The van der Waals surface area contributed by atoms with Gasteiger partial charge >= 0.3 is 0 Å². The molecule has 1 saturated carbocycles. The van der Waals surface area contributed by atoms with Gasteiger partial charge in [-0.05, 0) is 32.2 Å². The van der Waals surface area contributed by atoms with E-state index in [9.17, 15) is 4.79 Å². The quantitative estimate of drug-likeness (QED) is 0.838. The highest BCUT2D eigenvalue weighted by Gasteiger charge is 2.28. The van der Waals surface area contributed by atoms with E-state index in [1.807, 2.05) is 6.20 Å². The number of aromatic amines is 1. The van der Waals surface area contributed by atoms with Crippen molar-refractivity contribution in [3.63, 3.8) is 0 Å². The molecule has 0 radical (unpaired) electrons. The zero-order chi connectivity index (χ0) is 16.4. The Bertz CT molecular complexity index is 681. The van der Waals surface area contributed by atoms with E-state index in [4.69, 9.17) is 0 Å². The van der Waals surface area contributed by atoms with Gasteiger partial charge < -0.3 is 15.2 Å². The molecular formula is C16H22N6OS. The summed E-state index contributed by atoms with van der Waals surface area (Å²) in [6, 6.07) is 0. The van der Waals surface area contributed by atoms with Crippen molar-refractivity contribution < 1.29 is 4.79 Å². The number of likely N-dealkylation sites (tertiary alicyclic amines) is 1. The first-order chi connectivity index (χ1) is 11.8. The van der Waals surface area contributed by atoms with Gasteiger partial charge in [0.05, 0.1) is 0 Å². The van der Waals surface area contributed by atoms with Gasteiger partial charge in [0.15, 0.2) is 0 Å². The number of H-pyrrole nitrogens is 1. The minimum Gasteiger partial charge on any atom is -0.348 e. The Morgan fingerprint density at radius 3 is 3.04 bits per heavy atom. The van der Waals surface area contributed by atoms with E-state index in [1.54, 1.807) is 6.20 Å². The van der Waals surface area contributed by atoms with Crippen LogP contribution >= 0.6 is 11.3 Å². The van der Waals surface area contributed by atoms with E-state index in [-0.39, 0.29) is 5.91 Å². The number of nitrogens with zero attached hydrogens (tertiary/aromatic N) is 4. The van der Waals surface area contributed by atoms with E-state index in [0.717, 1.165) is 43.3 Å². The predicted octanol–water partition coefficient (Wildman–Crippen LogP) is 2.35. The third-order valence-corrected chi connectivity index (χ3v) is 5.68. The van der Waals surface area contributed by atoms with Crippen molar-refractivity contribution in [2.24, 2.45) is 0 Å². The zero-order valence-electron chi connectivity index (χ0n) is 13.6. The van der Waals surface area contributed by atoms with Crippen molar-refractivity contribution in [1.29, 1.82) is 0 Å². The van der Waals surface area contributed by atoms with Gasteiger partial charge in [-0.15, -0.1) is 10.2 Å². The summed E-state index contributed by atoms with van der Waals surface area (Å²) >= 11 is 1.51. The number of nitrogens with one attached hydrogen (secondary N) is 2. The number of piperidine rings is 1. The van der Waals surface area contributed by atoms with Crippen LogP contribution in [-0.4, -0.2) is 50.6 Å². The maximum absolute atomic E-state index is 12.1. The molecule has 0 unspecified atom stereocenters. The molecule has 1 saturated heterocycles. The second-order valence-corrected chi connectivity index (χ2v) is 7.64. The molecule has 8 heteroatoms. The molecule has 128 valence electrons. The predicted molar refractivity (Wildman–Crippen MR) is 92.1 cm³/mol. The number of aromatic nitrogens is 4. The Balaban J connectivity index is 1.24. The highest BCUT2D eigenvalue weighted by Crippen LogP contribution is 2.42. The van der Waals surface area contributed by atoms with Gasteiger partial charge in [-0.25, -0.2) is 4.98 Å². The molecule has 1 aliphatic heterocycles. The molecule has 3 heterocycles. The fourth-order valence-corrected chi connectivity index (χ4v) is 4.13. The number of hydrogen-bond donors (Lipinski definition) is 2. The van der Waals surface area contributed by atoms with Crippen LogP contribution < -0.4 is 5.32 Å². The van der Waals surface area contributed by atoms with Crippen molar-refractivity contribution in [2.75, 3.05) is 25.0 Å². The maximum atomic E-state index is 12.1. The Kier molecular flexibility index (Phi) is 4.57. The van der Waals surface area contributed by atoms with Crippen molar-refractivity contribution in [3.8, 4) is 0 Å². The van der Waals surface area contributed by atoms with Crippen LogP contribution in [0.15, 0.2) is 12.4 Å². The summed E-state index contributed by atoms with van der Waals surface area (Å²) in [6.45, 7) is 2.79. The van der Waals surface area contributed by atoms with Crippen LogP contribution in [0.5, 0.6) is 0 Å². The van der Waals surface area contributed by atoms with E-state index < -0.39 is 0 Å². The highest BCUT2D eigenvalue weighted by atomic mass is 32.1. The Hall–Kier alpha value is -1.80. The Morgan fingerprint density at radius 1 is 1.33 bits per heavy atom. The van der Waals surface area contributed by atoms with E-state index in [2.05, 4.69) is 30.4 Å². The molecule has 2 aliphatic rings. The van der Waals surface area contributed by atoms with Crippen LogP contribution in [0.1, 0.15) is 54.8 Å². The molecule has 1 aliphatic carbocycles. The molecule has 2 aromatic heterocycles. The fourth-order valence-electron chi connectivity index (χ4n) is 3.20. The highest BCUT2D eigenvalue weighted by molar-refractivity contribution is 7.15. The lowest BCUT2D eigenvalue weighted by molar-refractivity contribution is -0.116. The molecule has 7 nitrogen and oxygen atoms in total.